The van der Waals surface area contributed by atoms with Crippen molar-refractivity contribution in [3.63, 3.8) is 0 Å². The molecule has 0 aromatic heterocycles. The summed E-state index contributed by atoms with van der Waals surface area (Å²) in [6, 6.07) is 0. The normalized spacial score (nSPS) is 14.0. The maximum atomic E-state index is 11.5. The van der Waals surface area contributed by atoms with Gasteiger partial charge in [0.25, 0.3) is 12.8 Å². The predicted molar refractivity (Wildman–Crippen MR) is 22.2 cm³/mol. The van der Waals surface area contributed by atoms with Crippen molar-refractivity contribution in [2.75, 3.05) is 0 Å². The van der Waals surface area contributed by atoms with E-state index in [2.05, 4.69) is 4.65 Å². The van der Waals surface area contributed by atoms with E-state index in [-0.39, 0.29) is 0 Å². The van der Waals surface area contributed by atoms with Gasteiger partial charge < -0.3 is 14.7 Å². The molecule has 0 bridgehead atoms. The van der Waals surface area contributed by atoms with E-state index in [1.165, 1.54) is 0 Å². The summed E-state index contributed by atoms with van der Waals surface area (Å²) in [4.78, 5) is 0. The first-order valence-corrected chi connectivity index (χ1v) is 1.98. The van der Waals surface area contributed by atoms with Crippen molar-refractivity contribution in [1.29, 1.82) is 0 Å². The summed E-state index contributed by atoms with van der Waals surface area (Å²) in [5, 5.41) is 15.5. The number of hydrogen-bond donors (Lipinski definition) is 2. The van der Waals surface area contributed by atoms with Crippen LogP contribution in [0.4, 0.5) is 13.2 Å². The van der Waals surface area contributed by atoms with Crippen LogP contribution in [0.15, 0.2) is 0 Å². The van der Waals surface area contributed by atoms with Crippen LogP contribution in [0.25, 0.3) is 0 Å². The molecule has 3 nitrogen and oxygen atoms in total. The lowest BCUT2D eigenvalue weighted by Crippen LogP contribution is -2.27. The highest BCUT2D eigenvalue weighted by Gasteiger charge is 2.25. The summed E-state index contributed by atoms with van der Waals surface area (Å²) in [7, 11) is -2.49. The van der Waals surface area contributed by atoms with Crippen molar-refractivity contribution in [2.24, 2.45) is 0 Å². The Morgan fingerprint density at radius 2 is 1.67 bits per heavy atom. The van der Waals surface area contributed by atoms with Crippen molar-refractivity contribution in [1.82, 2.24) is 0 Å². The lowest BCUT2D eigenvalue weighted by molar-refractivity contribution is -0.0874. The van der Waals surface area contributed by atoms with Gasteiger partial charge in [-0.2, -0.15) is 0 Å². The summed E-state index contributed by atoms with van der Waals surface area (Å²) in [5.74, 6) is 0. The molecule has 54 valence electrons. The van der Waals surface area contributed by atoms with Crippen LogP contribution in [0.1, 0.15) is 0 Å². The van der Waals surface area contributed by atoms with Crippen LogP contribution in [-0.2, 0) is 4.65 Å². The Labute approximate surface area is 49.2 Å². The minimum absolute atomic E-state index is 2.49. The second-order valence-electron chi connectivity index (χ2n) is 1.15. The molecule has 0 aromatic rings. The van der Waals surface area contributed by atoms with Gasteiger partial charge in [0.05, 0.1) is 0 Å². The molecule has 9 heavy (non-hydrogen) atoms. The van der Waals surface area contributed by atoms with Crippen molar-refractivity contribution in [3.05, 3.63) is 0 Å². The van der Waals surface area contributed by atoms with Crippen LogP contribution in [0.3, 0.4) is 0 Å². The molecule has 0 aromatic carbocycles. The molecule has 0 saturated heterocycles. The predicted octanol–water partition coefficient (Wildman–Crippen LogP) is -0.467. The van der Waals surface area contributed by atoms with Gasteiger partial charge in [0.1, 0.15) is 0 Å². The molecule has 0 saturated carbocycles. The van der Waals surface area contributed by atoms with Crippen LogP contribution in [-0.4, -0.2) is 30.2 Å². The number of alkyl halides is 3. The molecule has 0 aliphatic heterocycles. The van der Waals surface area contributed by atoms with E-state index in [1.54, 1.807) is 0 Å². The molecular formula is C2H4BF3O3. The van der Waals surface area contributed by atoms with Crippen LogP contribution in [0, 0.1) is 0 Å². The van der Waals surface area contributed by atoms with E-state index in [9.17, 15) is 13.2 Å². The molecule has 0 rings (SSSR count). The van der Waals surface area contributed by atoms with Gasteiger partial charge in [-0.1, -0.05) is 0 Å². The highest BCUT2D eigenvalue weighted by molar-refractivity contribution is 6.32. The molecule has 0 amide bonds. The van der Waals surface area contributed by atoms with Gasteiger partial charge in [0.15, 0.2) is 0 Å². The molecule has 0 fully saturated rings. The second kappa shape index (κ2) is 3.70. The fourth-order valence-electron chi connectivity index (χ4n) is 0.176. The van der Waals surface area contributed by atoms with E-state index >= 15 is 0 Å². The second-order valence-corrected chi connectivity index (χ2v) is 1.15. The first-order chi connectivity index (χ1) is 4.04. The third-order valence-electron chi connectivity index (χ3n) is 0.450. The van der Waals surface area contributed by atoms with E-state index in [0.717, 1.165) is 0 Å². The molecule has 0 heterocycles. The van der Waals surface area contributed by atoms with E-state index in [1.807, 2.05) is 0 Å². The zero-order valence-corrected chi connectivity index (χ0v) is 4.17. The minimum atomic E-state index is -3.35. The Morgan fingerprint density at radius 3 is 1.78 bits per heavy atom. The van der Waals surface area contributed by atoms with Crippen LogP contribution in [0.5, 0.6) is 0 Å². The Morgan fingerprint density at radius 1 is 1.22 bits per heavy atom. The van der Waals surface area contributed by atoms with Crippen LogP contribution < -0.4 is 0 Å². The number of rotatable bonds is 3. The number of halogens is 3. The molecule has 1 unspecified atom stereocenters. The van der Waals surface area contributed by atoms with Crippen molar-refractivity contribution < 1.29 is 27.9 Å². The van der Waals surface area contributed by atoms with Crippen molar-refractivity contribution >= 4 is 7.32 Å². The van der Waals surface area contributed by atoms with Gasteiger partial charge in [0.2, 0.25) is 0 Å². The fraction of sp³-hybridized carbons (Fsp3) is 1.00. The Bertz CT molecular complexity index is 79.5. The van der Waals surface area contributed by atoms with E-state index in [0.29, 0.717) is 0 Å². The van der Waals surface area contributed by atoms with Gasteiger partial charge in [-0.05, 0) is 0 Å². The van der Waals surface area contributed by atoms with Gasteiger partial charge in [-0.25, -0.2) is 13.2 Å². The Kier molecular flexibility index (Phi) is 3.59. The van der Waals surface area contributed by atoms with Crippen molar-refractivity contribution in [2.45, 2.75) is 12.8 Å². The van der Waals surface area contributed by atoms with E-state index in [4.69, 9.17) is 10.0 Å². The molecule has 0 aliphatic carbocycles. The molecule has 0 radical (unpaired) electrons. The van der Waals surface area contributed by atoms with Gasteiger partial charge in [-0.15, -0.1) is 0 Å². The number of hydrogen-bond acceptors (Lipinski definition) is 3. The molecule has 0 spiro atoms. The summed E-state index contributed by atoms with van der Waals surface area (Å²) in [6.45, 7) is 0. The lowest BCUT2D eigenvalue weighted by atomic mass is 10.3. The molecular weight excluding hydrogens is 140 g/mol. The molecule has 1 atom stereocenters. The average Bonchev–Trinajstić information content (AvgIpc) is 1.63. The lowest BCUT2D eigenvalue weighted by Gasteiger charge is -2.05. The smallest absolute Gasteiger partial charge is 0.402 e. The average molecular weight is 144 g/mol. The Hall–Kier alpha value is -0.265. The highest BCUT2D eigenvalue weighted by Crippen LogP contribution is 2.06. The quantitative estimate of drug-likeness (QED) is 0.526. The topological polar surface area (TPSA) is 49.7 Å². The maximum absolute atomic E-state index is 11.5. The molecule has 7 heteroatoms. The summed E-state index contributed by atoms with van der Waals surface area (Å²) in [6.07, 6.45) is -6.29. The van der Waals surface area contributed by atoms with Crippen LogP contribution >= 0.6 is 0 Å². The van der Waals surface area contributed by atoms with Gasteiger partial charge in [0, 0.05) is 0 Å². The fourth-order valence-corrected chi connectivity index (χ4v) is 0.176. The molecule has 2 N–H and O–H groups in total. The largest absolute Gasteiger partial charge is 0.636 e. The molecule has 0 aliphatic rings. The zero-order chi connectivity index (χ0) is 7.44. The third-order valence-corrected chi connectivity index (χ3v) is 0.450. The minimum Gasteiger partial charge on any atom is -0.402 e. The Balaban J connectivity index is 3.38. The van der Waals surface area contributed by atoms with E-state index < -0.39 is 20.1 Å². The third kappa shape index (κ3) is 4.25. The van der Waals surface area contributed by atoms with Gasteiger partial charge >= 0.3 is 7.32 Å². The maximum Gasteiger partial charge on any atom is 0.636 e. The monoisotopic (exact) mass is 144 g/mol. The first-order valence-electron chi connectivity index (χ1n) is 1.98. The SMILES string of the molecule is OB(O)OC(F)C(F)F. The first kappa shape index (κ1) is 8.73. The highest BCUT2D eigenvalue weighted by atomic mass is 19.3. The standard InChI is InChI=1S/C2H4BF3O3/c4-1(5)2(6)9-3(7)8/h1-2,7-8H. The summed E-state index contributed by atoms with van der Waals surface area (Å²) in [5.41, 5.74) is 0. The van der Waals surface area contributed by atoms with Crippen LogP contribution in [0.2, 0.25) is 0 Å². The summed E-state index contributed by atoms with van der Waals surface area (Å²) < 4.78 is 36.8. The van der Waals surface area contributed by atoms with Gasteiger partial charge in [-0.3, -0.25) is 0 Å². The zero-order valence-electron chi connectivity index (χ0n) is 4.17. The summed E-state index contributed by atoms with van der Waals surface area (Å²) >= 11 is 0. The van der Waals surface area contributed by atoms with Crippen molar-refractivity contribution in [3.8, 4) is 0 Å².